The second-order valence-corrected chi connectivity index (χ2v) is 8.47. The number of rotatable bonds is 5. The number of allylic oxidation sites excluding steroid dienone is 2. The number of benzene rings is 1. The first-order valence-electron chi connectivity index (χ1n) is 10.4. The highest BCUT2D eigenvalue weighted by molar-refractivity contribution is 6.23. The Morgan fingerprint density at radius 2 is 1.88 bits per heavy atom. The lowest BCUT2D eigenvalue weighted by atomic mass is 9.82. The molecular weight excluding hydrogens is 414 g/mol. The van der Waals surface area contributed by atoms with Crippen molar-refractivity contribution >= 4 is 35.2 Å². The number of nitrogens with zero attached hydrogens (tertiary/aromatic N) is 2. The van der Waals surface area contributed by atoms with Gasteiger partial charge in [0.25, 0.3) is 5.91 Å². The van der Waals surface area contributed by atoms with E-state index in [2.05, 4.69) is 16.5 Å². The Bertz CT molecular complexity index is 1160. The second kappa shape index (κ2) is 7.44. The quantitative estimate of drug-likeness (QED) is 0.435. The van der Waals surface area contributed by atoms with Crippen molar-refractivity contribution in [3.63, 3.8) is 0 Å². The van der Waals surface area contributed by atoms with Crippen molar-refractivity contribution in [3.05, 3.63) is 53.3 Å². The van der Waals surface area contributed by atoms with Gasteiger partial charge in [-0.15, -0.1) is 0 Å². The number of amides is 3. The molecule has 1 aromatic carbocycles. The predicted octanol–water partition coefficient (Wildman–Crippen LogP) is 2.48. The highest BCUT2D eigenvalue weighted by Crippen LogP contribution is 2.55. The highest BCUT2D eigenvalue weighted by atomic mass is 16.5. The molecule has 3 aliphatic rings. The second-order valence-electron chi connectivity index (χ2n) is 8.47. The summed E-state index contributed by atoms with van der Waals surface area (Å²) < 4.78 is 9.87. The summed E-state index contributed by atoms with van der Waals surface area (Å²) in [7, 11) is 0. The van der Waals surface area contributed by atoms with Crippen molar-refractivity contribution < 1.29 is 28.4 Å². The molecule has 2 fully saturated rings. The number of carbonyl (C=O) groups is 4. The van der Waals surface area contributed by atoms with Gasteiger partial charge in [-0.25, -0.2) is 4.79 Å². The Balaban J connectivity index is 1.22. The Morgan fingerprint density at radius 1 is 1.16 bits per heavy atom. The Hall–Kier alpha value is -3.75. The predicted molar refractivity (Wildman–Crippen MR) is 111 cm³/mol. The Labute approximate surface area is 183 Å². The summed E-state index contributed by atoms with van der Waals surface area (Å²) in [5.74, 6) is -1.12. The molecule has 0 radical (unpaired) electrons. The number of esters is 1. The molecular formula is C23H21N3O6. The van der Waals surface area contributed by atoms with Crippen LogP contribution >= 0.6 is 0 Å². The van der Waals surface area contributed by atoms with Crippen molar-refractivity contribution in [3.8, 4) is 0 Å². The fourth-order valence-electron chi connectivity index (χ4n) is 5.09. The molecule has 9 nitrogen and oxygen atoms in total. The molecule has 164 valence electrons. The lowest BCUT2D eigenvalue weighted by Crippen LogP contribution is -2.33. The van der Waals surface area contributed by atoms with Crippen molar-refractivity contribution in [2.45, 2.75) is 20.3 Å². The van der Waals surface area contributed by atoms with Gasteiger partial charge in [0.1, 0.15) is 5.76 Å². The summed E-state index contributed by atoms with van der Waals surface area (Å²) in [4.78, 5) is 51.4. The molecule has 1 N–H and O–H groups in total. The van der Waals surface area contributed by atoms with Gasteiger partial charge < -0.3 is 14.6 Å². The number of fused-ring (bicyclic) bond motifs is 5. The first-order chi connectivity index (χ1) is 15.3. The van der Waals surface area contributed by atoms with E-state index < -0.39 is 18.5 Å². The molecule has 5 rings (SSSR count). The van der Waals surface area contributed by atoms with Crippen LogP contribution in [0.4, 0.5) is 11.5 Å². The van der Waals surface area contributed by atoms with Gasteiger partial charge in [-0.2, -0.15) is 0 Å². The Morgan fingerprint density at radius 3 is 2.56 bits per heavy atom. The summed E-state index contributed by atoms with van der Waals surface area (Å²) >= 11 is 0. The van der Waals surface area contributed by atoms with Gasteiger partial charge in [-0.1, -0.05) is 16.8 Å². The van der Waals surface area contributed by atoms with E-state index in [4.69, 9.17) is 9.26 Å². The van der Waals surface area contributed by atoms with E-state index in [1.54, 1.807) is 19.1 Å². The number of carbonyl (C=O) groups excluding carboxylic acids is 4. The van der Waals surface area contributed by atoms with Gasteiger partial charge in [0.15, 0.2) is 12.4 Å². The highest BCUT2D eigenvalue weighted by Gasteiger charge is 2.60. The minimum absolute atomic E-state index is 0.132. The molecule has 32 heavy (non-hydrogen) atoms. The third kappa shape index (κ3) is 3.21. The van der Waals surface area contributed by atoms with Crippen molar-refractivity contribution in [1.82, 2.24) is 5.16 Å². The van der Waals surface area contributed by atoms with Crippen LogP contribution in [0.5, 0.6) is 0 Å². The average molecular weight is 435 g/mol. The zero-order valence-electron chi connectivity index (χ0n) is 17.5. The van der Waals surface area contributed by atoms with Crippen LogP contribution in [-0.2, 0) is 19.1 Å². The maximum atomic E-state index is 13.0. The normalized spacial score (nSPS) is 25.7. The summed E-state index contributed by atoms with van der Waals surface area (Å²) in [6.07, 6.45) is 3.00. The average Bonchev–Trinajstić information content (AvgIpc) is 3.50. The molecule has 2 bridgehead atoms. The number of aryl methyl sites for hydroxylation is 1. The maximum absolute atomic E-state index is 13.0. The molecule has 9 heteroatoms. The number of ether oxygens (including phenoxy) is 1. The summed E-state index contributed by atoms with van der Waals surface area (Å²) in [6, 6.07) is 7.59. The van der Waals surface area contributed by atoms with Crippen LogP contribution in [0.2, 0.25) is 0 Å². The van der Waals surface area contributed by atoms with Crippen LogP contribution in [0, 0.1) is 30.6 Å². The van der Waals surface area contributed by atoms with Crippen LogP contribution in [0.3, 0.4) is 0 Å². The van der Waals surface area contributed by atoms with E-state index in [1.165, 1.54) is 28.7 Å². The van der Waals surface area contributed by atoms with Crippen molar-refractivity contribution in [2.75, 3.05) is 16.8 Å². The van der Waals surface area contributed by atoms with Gasteiger partial charge in [0, 0.05) is 6.07 Å². The number of nitrogens with one attached hydrogen (secondary N) is 1. The van der Waals surface area contributed by atoms with Gasteiger partial charge in [0.05, 0.1) is 23.1 Å². The fourth-order valence-corrected chi connectivity index (χ4v) is 5.09. The van der Waals surface area contributed by atoms with E-state index in [9.17, 15) is 19.2 Å². The molecule has 0 unspecified atom stereocenters. The van der Waals surface area contributed by atoms with Gasteiger partial charge in [0.2, 0.25) is 11.8 Å². The summed E-state index contributed by atoms with van der Waals surface area (Å²) in [5.41, 5.74) is 1.83. The lowest BCUT2D eigenvalue weighted by Gasteiger charge is -2.19. The summed E-state index contributed by atoms with van der Waals surface area (Å²) in [5, 5.41) is 6.08. The number of anilines is 2. The maximum Gasteiger partial charge on any atom is 0.338 e. The van der Waals surface area contributed by atoms with E-state index in [0.29, 0.717) is 11.4 Å². The van der Waals surface area contributed by atoms with Crippen LogP contribution in [0.1, 0.15) is 29.5 Å². The molecule has 3 amide bonds. The van der Waals surface area contributed by atoms with Crippen LogP contribution < -0.4 is 10.2 Å². The number of imide groups is 1. The zero-order valence-corrected chi connectivity index (χ0v) is 17.5. The minimum Gasteiger partial charge on any atom is -0.452 e. The molecule has 2 heterocycles. The summed E-state index contributed by atoms with van der Waals surface area (Å²) in [6.45, 7) is 3.22. The Kier molecular flexibility index (Phi) is 4.69. The first kappa shape index (κ1) is 20.2. The van der Waals surface area contributed by atoms with Gasteiger partial charge >= 0.3 is 5.97 Å². The van der Waals surface area contributed by atoms with E-state index in [1.807, 2.05) is 6.92 Å². The SMILES string of the molecule is CC1=C[C@H]2C[C@H]1[C@H]1C(=O)N(c3ccc(C(=O)OCC(=O)Nc4cc(C)on4)cc3)C(=O)[C@H]12. The third-order valence-electron chi connectivity index (χ3n) is 6.47. The minimum atomic E-state index is -0.697. The van der Waals surface area contributed by atoms with E-state index in [0.717, 1.165) is 6.42 Å². The number of aromatic nitrogens is 1. The number of hydrogen-bond donors (Lipinski definition) is 1. The fraction of sp³-hybridized carbons (Fsp3) is 0.348. The van der Waals surface area contributed by atoms with E-state index in [-0.39, 0.29) is 46.9 Å². The monoisotopic (exact) mass is 435 g/mol. The molecule has 1 saturated carbocycles. The largest absolute Gasteiger partial charge is 0.452 e. The number of hydrogen-bond acceptors (Lipinski definition) is 7. The molecule has 4 atom stereocenters. The molecule has 1 aliphatic heterocycles. The van der Waals surface area contributed by atoms with Crippen molar-refractivity contribution in [2.24, 2.45) is 23.7 Å². The standard InChI is InChI=1S/C23H21N3O6/c1-11-7-14-9-16(11)20-19(14)21(28)26(22(20)29)15-5-3-13(4-6-15)23(30)31-10-18(27)24-17-8-12(2)32-25-17/h3-8,14,16,19-20H,9-10H2,1-2H3,(H,24,25,27)/t14-,16+,19-,20+/m0/s1. The molecule has 0 spiro atoms. The van der Waals surface area contributed by atoms with Gasteiger partial charge in [-0.05, 0) is 56.4 Å². The van der Waals surface area contributed by atoms with E-state index >= 15 is 0 Å². The molecule has 1 aromatic heterocycles. The molecule has 1 saturated heterocycles. The third-order valence-corrected chi connectivity index (χ3v) is 6.47. The zero-order chi connectivity index (χ0) is 22.6. The van der Waals surface area contributed by atoms with Crippen LogP contribution in [0.15, 0.2) is 46.5 Å². The molecule has 2 aliphatic carbocycles. The topological polar surface area (TPSA) is 119 Å². The first-order valence-corrected chi connectivity index (χ1v) is 10.4. The lowest BCUT2D eigenvalue weighted by molar-refractivity contribution is -0.123. The smallest absolute Gasteiger partial charge is 0.338 e. The van der Waals surface area contributed by atoms with Crippen molar-refractivity contribution in [1.29, 1.82) is 0 Å². The van der Waals surface area contributed by atoms with Gasteiger partial charge in [-0.3, -0.25) is 19.3 Å². The van der Waals surface area contributed by atoms with Crippen LogP contribution in [0.25, 0.3) is 0 Å². The molecule has 2 aromatic rings. The van der Waals surface area contributed by atoms with Crippen LogP contribution in [-0.4, -0.2) is 35.5 Å².